The Bertz CT molecular complexity index is 783. The topological polar surface area (TPSA) is 49.4 Å². The fourth-order valence-electron chi connectivity index (χ4n) is 3.47. The summed E-state index contributed by atoms with van der Waals surface area (Å²) in [5, 5.41) is 3.12. The van der Waals surface area contributed by atoms with Gasteiger partial charge in [0.15, 0.2) is 0 Å². The number of likely N-dealkylation sites (tertiary alicyclic amines) is 1. The van der Waals surface area contributed by atoms with E-state index in [2.05, 4.69) is 36.5 Å². The Morgan fingerprint density at radius 1 is 1.12 bits per heavy atom. The van der Waals surface area contributed by atoms with Gasteiger partial charge in [-0.2, -0.15) is 0 Å². The third-order valence-electron chi connectivity index (χ3n) is 4.98. The zero-order valence-corrected chi connectivity index (χ0v) is 15.5. The molecule has 1 aliphatic heterocycles. The molecule has 3 rings (SSSR count). The van der Waals surface area contributed by atoms with Crippen LogP contribution in [-0.4, -0.2) is 35.8 Å². The van der Waals surface area contributed by atoms with Crippen LogP contribution >= 0.6 is 0 Å². The Morgan fingerprint density at radius 3 is 2.58 bits per heavy atom. The van der Waals surface area contributed by atoms with Crippen molar-refractivity contribution in [3.05, 3.63) is 70.8 Å². The van der Waals surface area contributed by atoms with Gasteiger partial charge in [0.05, 0.1) is 0 Å². The fraction of sp³-hybridized carbons (Fsp3) is 0.364. The van der Waals surface area contributed by atoms with Crippen LogP contribution in [0, 0.1) is 6.92 Å². The molecule has 1 unspecified atom stereocenters. The maximum atomic E-state index is 12.8. The van der Waals surface area contributed by atoms with Crippen molar-refractivity contribution in [2.24, 2.45) is 0 Å². The minimum Gasteiger partial charge on any atom is -0.348 e. The van der Waals surface area contributed by atoms with Crippen LogP contribution in [0.25, 0.3) is 0 Å². The minimum atomic E-state index is -0.0527. The molecule has 0 bridgehead atoms. The first-order valence-electron chi connectivity index (χ1n) is 9.23. The minimum absolute atomic E-state index is 0.0209. The molecule has 1 aliphatic rings. The number of aryl methyl sites for hydroxylation is 1. The summed E-state index contributed by atoms with van der Waals surface area (Å²) < 4.78 is 0. The molecule has 2 aromatic rings. The van der Waals surface area contributed by atoms with E-state index in [1.807, 2.05) is 29.2 Å². The number of carbonyl (C=O) groups is 2. The smallest absolute Gasteiger partial charge is 0.251 e. The van der Waals surface area contributed by atoms with E-state index in [1.54, 1.807) is 6.92 Å². The van der Waals surface area contributed by atoms with Crippen LogP contribution in [0.15, 0.2) is 48.5 Å². The van der Waals surface area contributed by atoms with Gasteiger partial charge in [-0.3, -0.25) is 9.59 Å². The van der Waals surface area contributed by atoms with Crippen LogP contribution in [0.3, 0.4) is 0 Å². The van der Waals surface area contributed by atoms with E-state index < -0.39 is 0 Å². The molecule has 136 valence electrons. The van der Waals surface area contributed by atoms with Gasteiger partial charge in [-0.15, -0.1) is 0 Å². The Kier molecular flexibility index (Phi) is 5.71. The molecule has 0 aromatic heterocycles. The lowest BCUT2D eigenvalue weighted by atomic mass is 9.98. The van der Waals surface area contributed by atoms with Crippen LogP contribution in [0.1, 0.15) is 46.8 Å². The zero-order chi connectivity index (χ0) is 18.5. The van der Waals surface area contributed by atoms with Gasteiger partial charge in [-0.1, -0.05) is 48.0 Å². The Morgan fingerprint density at radius 2 is 1.85 bits per heavy atom. The number of piperidine rings is 1. The van der Waals surface area contributed by atoms with E-state index in [1.165, 1.54) is 11.1 Å². The SMILES string of the molecule is CC(=O)N1CCCC(NC(=O)c2ccccc2Cc2ccc(C)cc2)C1. The molecule has 0 saturated carbocycles. The molecule has 0 radical (unpaired) electrons. The first kappa shape index (κ1) is 18.2. The predicted octanol–water partition coefficient (Wildman–Crippen LogP) is 3.33. The monoisotopic (exact) mass is 350 g/mol. The summed E-state index contributed by atoms with van der Waals surface area (Å²) in [6, 6.07) is 16.2. The van der Waals surface area contributed by atoms with Gasteiger partial charge >= 0.3 is 0 Å². The molecule has 1 N–H and O–H groups in total. The lowest BCUT2D eigenvalue weighted by Crippen LogP contribution is -2.49. The Balaban J connectivity index is 1.71. The number of amides is 2. The summed E-state index contributed by atoms with van der Waals surface area (Å²) in [4.78, 5) is 26.2. The molecule has 26 heavy (non-hydrogen) atoms. The van der Waals surface area contributed by atoms with E-state index in [0.717, 1.165) is 31.4 Å². The van der Waals surface area contributed by atoms with Crippen LogP contribution in [0.5, 0.6) is 0 Å². The number of carbonyl (C=O) groups excluding carboxylic acids is 2. The van der Waals surface area contributed by atoms with Crippen molar-refractivity contribution in [1.29, 1.82) is 0 Å². The van der Waals surface area contributed by atoms with Crippen molar-refractivity contribution in [2.75, 3.05) is 13.1 Å². The first-order valence-corrected chi connectivity index (χ1v) is 9.23. The van der Waals surface area contributed by atoms with Crippen molar-refractivity contribution in [2.45, 2.75) is 39.2 Å². The molecule has 1 saturated heterocycles. The van der Waals surface area contributed by atoms with Crippen molar-refractivity contribution in [3.8, 4) is 0 Å². The standard InChI is InChI=1S/C22H26N2O2/c1-16-9-11-18(12-10-16)14-19-6-3-4-8-21(19)22(26)23-20-7-5-13-24(15-20)17(2)25/h3-4,6,8-12,20H,5,7,13-15H2,1-2H3,(H,23,26). The van der Waals surface area contributed by atoms with E-state index in [9.17, 15) is 9.59 Å². The van der Waals surface area contributed by atoms with Crippen molar-refractivity contribution >= 4 is 11.8 Å². The average molecular weight is 350 g/mol. The highest BCUT2D eigenvalue weighted by molar-refractivity contribution is 5.96. The average Bonchev–Trinajstić information content (AvgIpc) is 2.64. The van der Waals surface area contributed by atoms with Gasteiger partial charge in [-0.25, -0.2) is 0 Å². The number of benzene rings is 2. The second-order valence-electron chi connectivity index (χ2n) is 7.10. The van der Waals surface area contributed by atoms with Crippen LogP contribution in [0.2, 0.25) is 0 Å². The molecule has 4 nitrogen and oxygen atoms in total. The number of nitrogens with zero attached hydrogens (tertiary/aromatic N) is 1. The maximum Gasteiger partial charge on any atom is 0.251 e. The lowest BCUT2D eigenvalue weighted by Gasteiger charge is -2.32. The summed E-state index contributed by atoms with van der Waals surface area (Å²) in [5.41, 5.74) is 4.16. The first-order chi connectivity index (χ1) is 12.5. The van der Waals surface area contributed by atoms with E-state index in [-0.39, 0.29) is 17.9 Å². The quantitative estimate of drug-likeness (QED) is 0.919. The number of nitrogens with one attached hydrogen (secondary N) is 1. The highest BCUT2D eigenvalue weighted by atomic mass is 16.2. The second kappa shape index (κ2) is 8.17. The number of hydrogen-bond acceptors (Lipinski definition) is 2. The van der Waals surface area contributed by atoms with E-state index >= 15 is 0 Å². The van der Waals surface area contributed by atoms with Crippen LogP contribution < -0.4 is 5.32 Å². The highest BCUT2D eigenvalue weighted by Gasteiger charge is 2.23. The number of hydrogen-bond donors (Lipinski definition) is 1. The molecule has 1 heterocycles. The second-order valence-corrected chi connectivity index (χ2v) is 7.10. The van der Waals surface area contributed by atoms with Gasteiger partial charge in [-0.05, 0) is 43.4 Å². The van der Waals surface area contributed by atoms with Crippen molar-refractivity contribution < 1.29 is 9.59 Å². The molecule has 2 amide bonds. The zero-order valence-electron chi connectivity index (χ0n) is 15.5. The Hall–Kier alpha value is -2.62. The van der Waals surface area contributed by atoms with Crippen molar-refractivity contribution in [1.82, 2.24) is 10.2 Å². The van der Waals surface area contributed by atoms with Gasteiger partial charge in [0.25, 0.3) is 5.91 Å². The molecule has 1 fully saturated rings. The third-order valence-corrected chi connectivity index (χ3v) is 4.98. The van der Waals surface area contributed by atoms with Gasteiger partial charge in [0.2, 0.25) is 5.91 Å². The molecule has 4 heteroatoms. The lowest BCUT2D eigenvalue weighted by molar-refractivity contribution is -0.130. The van der Waals surface area contributed by atoms with Gasteiger partial charge < -0.3 is 10.2 Å². The number of rotatable bonds is 4. The molecule has 1 atom stereocenters. The highest BCUT2D eigenvalue weighted by Crippen LogP contribution is 2.17. The summed E-state index contributed by atoms with van der Waals surface area (Å²) in [7, 11) is 0. The van der Waals surface area contributed by atoms with Crippen LogP contribution in [0.4, 0.5) is 0 Å². The third kappa shape index (κ3) is 4.51. The molecular weight excluding hydrogens is 324 g/mol. The summed E-state index contributed by atoms with van der Waals surface area (Å²) in [5.74, 6) is 0.0202. The van der Waals surface area contributed by atoms with Gasteiger partial charge in [0, 0.05) is 31.6 Å². The fourth-order valence-corrected chi connectivity index (χ4v) is 3.47. The normalized spacial score (nSPS) is 17.0. The van der Waals surface area contributed by atoms with E-state index in [4.69, 9.17) is 0 Å². The largest absolute Gasteiger partial charge is 0.348 e. The molecular formula is C22H26N2O2. The summed E-state index contributed by atoms with van der Waals surface area (Å²) in [6.07, 6.45) is 2.57. The summed E-state index contributed by atoms with van der Waals surface area (Å²) in [6.45, 7) is 5.04. The van der Waals surface area contributed by atoms with Gasteiger partial charge in [0.1, 0.15) is 0 Å². The van der Waals surface area contributed by atoms with Crippen LogP contribution in [-0.2, 0) is 11.2 Å². The Labute approximate surface area is 155 Å². The van der Waals surface area contributed by atoms with Crippen molar-refractivity contribution in [3.63, 3.8) is 0 Å². The van der Waals surface area contributed by atoms with E-state index in [0.29, 0.717) is 12.1 Å². The maximum absolute atomic E-state index is 12.8. The molecule has 2 aromatic carbocycles. The predicted molar refractivity (Wildman–Crippen MR) is 103 cm³/mol. The molecule has 0 aliphatic carbocycles. The molecule has 0 spiro atoms. The summed E-state index contributed by atoms with van der Waals surface area (Å²) >= 11 is 0.